The minimum absolute atomic E-state index is 0.00332. The molecule has 0 spiro atoms. The van der Waals surface area contributed by atoms with Gasteiger partial charge < -0.3 is 10.4 Å². The van der Waals surface area contributed by atoms with Crippen LogP contribution < -0.4 is 5.32 Å². The smallest absolute Gasteiger partial charge is 0.326 e. The number of carboxylic acid groups (broad SMARTS) is 1. The van der Waals surface area contributed by atoms with Crippen molar-refractivity contribution < 1.29 is 19.7 Å². The molecule has 21 heavy (non-hydrogen) atoms. The van der Waals surface area contributed by atoms with Gasteiger partial charge in [-0.15, -0.1) is 0 Å². The molecule has 1 atom stereocenters. The molecule has 5 heteroatoms. The van der Waals surface area contributed by atoms with Crippen molar-refractivity contribution in [2.75, 3.05) is 5.32 Å². The number of hydrogen-bond acceptors (Lipinski definition) is 4. The molecule has 118 valence electrons. The Balaban J connectivity index is 2.73. The number of hydrogen-bond donors (Lipinski definition) is 2. The maximum Gasteiger partial charge on any atom is 0.326 e. The minimum atomic E-state index is -0.868. The highest BCUT2D eigenvalue weighted by Crippen LogP contribution is 2.24. The van der Waals surface area contributed by atoms with Gasteiger partial charge in [0, 0.05) is 5.69 Å². The number of aliphatic carboxylic acids is 1. The first-order chi connectivity index (χ1) is 9.70. The van der Waals surface area contributed by atoms with Crippen molar-refractivity contribution in [3.63, 3.8) is 0 Å². The maximum atomic E-state index is 11.4. The van der Waals surface area contributed by atoms with Crippen LogP contribution >= 0.6 is 0 Å². The summed E-state index contributed by atoms with van der Waals surface area (Å²) in [6.45, 7) is 9.77. The van der Waals surface area contributed by atoms with Gasteiger partial charge in [-0.05, 0) is 37.0 Å². The Morgan fingerprint density at radius 3 is 2.52 bits per heavy atom. The lowest BCUT2D eigenvalue weighted by molar-refractivity contribution is -0.325. The van der Waals surface area contributed by atoms with E-state index in [1.807, 2.05) is 58.9 Å². The third kappa shape index (κ3) is 6.14. The standard InChI is InChI=1S/C16H25NO4/c1-11(2)21-20-10-12-7-6-8-13(9-12)17-14(15(18)19)16(3,4)5/h6-9,11,14,17H,10H2,1-5H3,(H,18,19). The number of benzene rings is 1. The van der Waals surface area contributed by atoms with Crippen molar-refractivity contribution in [1.82, 2.24) is 0 Å². The fraction of sp³-hybridized carbons (Fsp3) is 0.562. The molecule has 0 fully saturated rings. The third-order valence-electron chi connectivity index (χ3n) is 2.84. The van der Waals surface area contributed by atoms with Gasteiger partial charge in [0.1, 0.15) is 12.6 Å². The Kier molecular flexibility index (Phi) is 6.18. The Morgan fingerprint density at radius 1 is 1.33 bits per heavy atom. The molecule has 1 unspecified atom stereocenters. The zero-order chi connectivity index (χ0) is 16.0. The number of carboxylic acids is 1. The van der Waals surface area contributed by atoms with Crippen molar-refractivity contribution in [3.05, 3.63) is 29.8 Å². The van der Waals surface area contributed by atoms with E-state index in [2.05, 4.69) is 5.32 Å². The first kappa shape index (κ1) is 17.5. The van der Waals surface area contributed by atoms with Gasteiger partial charge in [0.25, 0.3) is 0 Å². The second-order valence-corrected chi connectivity index (χ2v) is 6.39. The van der Waals surface area contributed by atoms with E-state index < -0.39 is 12.0 Å². The number of carbonyl (C=O) groups is 1. The van der Waals surface area contributed by atoms with Crippen molar-refractivity contribution in [1.29, 1.82) is 0 Å². The minimum Gasteiger partial charge on any atom is -0.480 e. The molecule has 1 rings (SSSR count). The Bertz CT molecular complexity index is 466. The summed E-state index contributed by atoms with van der Waals surface area (Å²) in [5.41, 5.74) is 1.28. The van der Waals surface area contributed by atoms with E-state index in [9.17, 15) is 9.90 Å². The second-order valence-electron chi connectivity index (χ2n) is 6.39. The Morgan fingerprint density at radius 2 is 2.00 bits per heavy atom. The van der Waals surface area contributed by atoms with Crippen LogP contribution in [0.5, 0.6) is 0 Å². The van der Waals surface area contributed by atoms with Gasteiger partial charge >= 0.3 is 5.97 Å². The molecule has 0 saturated carbocycles. The predicted molar refractivity (Wildman–Crippen MR) is 82.0 cm³/mol. The quantitative estimate of drug-likeness (QED) is 0.595. The lowest BCUT2D eigenvalue weighted by Gasteiger charge is -2.28. The van der Waals surface area contributed by atoms with Gasteiger partial charge in [-0.25, -0.2) is 14.6 Å². The normalized spacial score (nSPS) is 13.2. The molecule has 0 bridgehead atoms. The van der Waals surface area contributed by atoms with Crippen molar-refractivity contribution in [2.24, 2.45) is 5.41 Å². The number of rotatable bonds is 7. The molecule has 2 N–H and O–H groups in total. The largest absolute Gasteiger partial charge is 0.480 e. The lowest BCUT2D eigenvalue weighted by Crippen LogP contribution is -2.41. The lowest BCUT2D eigenvalue weighted by atomic mass is 9.86. The van der Waals surface area contributed by atoms with Gasteiger partial charge in [-0.3, -0.25) is 0 Å². The van der Waals surface area contributed by atoms with Crippen LogP contribution in [0.3, 0.4) is 0 Å². The highest BCUT2D eigenvalue weighted by molar-refractivity contribution is 5.78. The number of anilines is 1. The highest BCUT2D eigenvalue weighted by atomic mass is 17.2. The molecule has 0 saturated heterocycles. The van der Waals surface area contributed by atoms with Crippen LogP contribution in [0.4, 0.5) is 5.69 Å². The number of nitrogens with one attached hydrogen (secondary N) is 1. The van der Waals surface area contributed by atoms with Gasteiger partial charge in [0.2, 0.25) is 0 Å². The van der Waals surface area contributed by atoms with Crippen molar-refractivity contribution in [2.45, 2.75) is 53.4 Å². The predicted octanol–water partition coefficient (Wildman–Crippen LogP) is 3.45. The van der Waals surface area contributed by atoms with Crippen LogP contribution in [0.25, 0.3) is 0 Å². The fourth-order valence-electron chi connectivity index (χ4n) is 1.80. The van der Waals surface area contributed by atoms with Crippen LogP contribution in [0.2, 0.25) is 0 Å². The molecule has 0 aliphatic heterocycles. The molecule has 1 aromatic carbocycles. The van der Waals surface area contributed by atoms with Gasteiger partial charge in [0.05, 0.1) is 6.10 Å². The van der Waals surface area contributed by atoms with Gasteiger partial charge in [-0.2, -0.15) is 0 Å². The van der Waals surface area contributed by atoms with E-state index in [0.29, 0.717) is 6.61 Å². The molecule has 0 aliphatic rings. The Labute approximate surface area is 126 Å². The summed E-state index contributed by atoms with van der Waals surface area (Å²) in [5.74, 6) is -0.868. The van der Waals surface area contributed by atoms with E-state index in [1.165, 1.54) is 0 Å². The van der Waals surface area contributed by atoms with E-state index in [0.717, 1.165) is 11.3 Å². The molecule has 0 aliphatic carbocycles. The van der Waals surface area contributed by atoms with Crippen molar-refractivity contribution >= 4 is 11.7 Å². The molecule has 0 heterocycles. The van der Waals surface area contributed by atoms with Crippen LogP contribution in [0, 0.1) is 5.41 Å². The molecular weight excluding hydrogens is 270 g/mol. The maximum absolute atomic E-state index is 11.4. The molecule has 0 amide bonds. The van der Waals surface area contributed by atoms with E-state index in [4.69, 9.17) is 9.78 Å². The zero-order valence-electron chi connectivity index (χ0n) is 13.3. The monoisotopic (exact) mass is 295 g/mol. The zero-order valence-corrected chi connectivity index (χ0v) is 13.3. The average molecular weight is 295 g/mol. The molecule has 0 aromatic heterocycles. The highest BCUT2D eigenvalue weighted by Gasteiger charge is 2.31. The second kappa shape index (κ2) is 7.43. The summed E-state index contributed by atoms with van der Waals surface area (Å²) in [7, 11) is 0. The van der Waals surface area contributed by atoms with Crippen molar-refractivity contribution in [3.8, 4) is 0 Å². The van der Waals surface area contributed by atoms with Crippen LogP contribution in [-0.2, 0) is 21.2 Å². The summed E-state index contributed by atoms with van der Waals surface area (Å²) in [5, 5.41) is 12.4. The van der Waals surface area contributed by atoms with E-state index in [-0.39, 0.29) is 11.5 Å². The summed E-state index contributed by atoms with van der Waals surface area (Å²) in [6, 6.07) is 6.81. The first-order valence-corrected chi connectivity index (χ1v) is 7.06. The molecule has 5 nitrogen and oxygen atoms in total. The van der Waals surface area contributed by atoms with E-state index >= 15 is 0 Å². The van der Waals surface area contributed by atoms with Crippen LogP contribution in [0.1, 0.15) is 40.2 Å². The van der Waals surface area contributed by atoms with E-state index in [1.54, 1.807) is 0 Å². The van der Waals surface area contributed by atoms with Gasteiger partial charge in [0.15, 0.2) is 0 Å². The molecular formula is C16H25NO4. The molecule has 0 radical (unpaired) electrons. The Hall–Kier alpha value is -1.59. The first-order valence-electron chi connectivity index (χ1n) is 7.06. The van der Waals surface area contributed by atoms with Crippen LogP contribution in [0.15, 0.2) is 24.3 Å². The third-order valence-corrected chi connectivity index (χ3v) is 2.84. The molecule has 1 aromatic rings. The summed E-state index contributed by atoms with van der Waals surface area (Å²) in [6.07, 6.45) is 0.00332. The topological polar surface area (TPSA) is 67.8 Å². The average Bonchev–Trinajstić information content (AvgIpc) is 2.34. The summed E-state index contributed by atoms with van der Waals surface area (Å²) >= 11 is 0. The fourth-order valence-corrected chi connectivity index (χ4v) is 1.80. The SMILES string of the molecule is CC(C)OOCc1cccc(NC(C(=O)O)C(C)(C)C)c1. The summed E-state index contributed by atoms with van der Waals surface area (Å²) in [4.78, 5) is 21.5. The summed E-state index contributed by atoms with van der Waals surface area (Å²) < 4.78 is 0. The van der Waals surface area contributed by atoms with Gasteiger partial charge in [-0.1, -0.05) is 32.9 Å². The van der Waals surface area contributed by atoms with Crippen LogP contribution in [-0.4, -0.2) is 23.2 Å².